The summed E-state index contributed by atoms with van der Waals surface area (Å²) in [5, 5.41) is 11.4. The number of ether oxygens (including phenoxy) is 2. The SMILES string of the molecule is COc1ccc(OC)c([C@H](C(=O)NCc2ccccc2)N(Cc2ccccc2)C(=O)Cn2nnc3ccccc32)c1. The number of nitrogens with zero attached hydrogens (tertiary/aromatic N) is 4. The lowest BCUT2D eigenvalue weighted by Gasteiger charge is -2.32. The summed E-state index contributed by atoms with van der Waals surface area (Å²) >= 11 is 0. The van der Waals surface area contributed by atoms with Gasteiger partial charge in [0.2, 0.25) is 11.8 Å². The highest BCUT2D eigenvalue weighted by atomic mass is 16.5. The third kappa shape index (κ3) is 6.36. The van der Waals surface area contributed by atoms with Crippen molar-refractivity contribution in [3.8, 4) is 11.5 Å². The highest BCUT2D eigenvalue weighted by Crippen LogP contribution is 2.34. The second kappa shape index (κ2) is 12.8. The maximum absolute atomic E-state index is 14.2. The molecule has 0 aliphatic rings. The van der Waals surface area contributed by atoms with Crippen LogP contribution < -0.4 is 14.8 Å². The lowest BCUT2D eigenvalue weighted by atomic mass is 10.0. The number of para-hydroxylation sites is 1. The summed E-state index contributed by atoms with van der Waals surface area (Å²) < 4.78 is 12.7. The second-order valence-electron chi connectivity index (χ2n) is 9.46. The van der Waals surface area contributed by atoms with Crippen LogP contribution in [-0.4, -0.2) is 45.9 Å². The molecule has 0 fully saturated rings. The van der Waals surface area contributed by atoms with Crippen molar-refractivity contribution in [1.29, 1.82) is 0 Å². The molecule has 5 rings (SSSR count). The first kappa shape index (κ1) is 27.4. The molecule has 0 saturated carbocycles. The number of methoxy groups -OCH3 is 2. The minimum atomic E-state index is -1.04. The van der Waals surface area contributed by atoms with E-state index in [1.54, 1.807) is 34.9 Å². The monoisotopic (exact) mass is 549 g/mol. The largest absolute Gasteiger partial charge is 0.497 e. The van der Waals surface area contributed by atoms with Crippen molar-refractivity contribution >= 4 is 22.8 Å². The molecule has 1 N–H and O–H groups in total. The summed E-state index contributed by atoms with van der Waals surface area (Å²) in [6.07, 6.45) is 0. The molecule has 9 nitrogen and oxygen atoms in total. The highest BCUT2D eigenvalue weighted by Gasteiger charge is 2.34. The minimum Gasteiger partial charge on any atom is -0.497 e. The van der Waals surface area contributed by atoms with Gasteiger partial charge in [-0.2, -0.15) is 0 Å². The van der Waals surface area contributed by atoms with Crippen molar-refractivity contribution < 1.29 is 19.1 Å². The number of carbonyl (C=O) groups excluding carboxylic acids is 2. The summed E-state index contributed by atoms with van der Waals surface area (Å²) in [6.45, 7) is 0.363. The molecule has 1 atom stereocenters. The molecule has 0 unspecified atom stereocenters. The molecule has 5 aromatic rings. The van der Waals surface area contributed by atoms with Gasteiger partial charge in [-0.05, 0) is 41.5 Å². The van der Waals surface area contributed by atoms with Crippen molar-refractivity contribution in [1.82, 2.24) is 25.2 Å². The van der Waals surface area contributed by atoms with Crippen LogP contribution in [0.15, 0.2) is 103 Å². The number of amides is 2. The molecule has 1 aromatic heterocycles. The number of hydrogen-bond donors (Lipinski definition) is 1. The molecular weight excluding hydrogens is 518 g/mol. The molecule has 2 amide bonds. The topological polar surface area (TPSA) is 98.6 Å². The van der Waals surface area contributed by atoms with E-state index in [1.165, 1.54) is 7.11 Å². The number of fused-ring (bicyclic) bond motifs is 1. The van der Waals surface area contributed by atoms with Gasteiger partial charge in [-0.15, -0.1) is 5.10 Å². The lowest BCUT2D eigenvalue weighted by Crippen LogP contribution is -2.44. The molecule has 1 heterocycles. The minimum absolute atomic E-state index is 0.109. The molecule has 9 heteroatoms. The van der Waals surface area contributed by atoms with Crippen molar-refractivity contribution in [3.63, 3.8) is 0 Å². The van der Waals surface area contributed by atoms with Crippen LogP contribution in [0, 0.1) is 0 Å². The number of aromatic nitrogens is 3. The van der Waals surface area contributed by atoms with Gasteiger partial charge in [0.1, 0.15) is 29.6 Å². The number of carbonyl (C=O) groups is 2. The fraction of sp³-hybridized carbons (Fsp3) is 0.188. The van der Waals surface area contributed by atoms with E-state index in [2.05, 4.69) is 15.6 Å². The molecule has 41 heavy (non-hydrogen) atoms. The third-order valence-corrected chi connectivity index (χ3v) is 6.82. The van der Waals surface area contributed by atoms with E-state index in [0.717, 1.165) is 16.6 Å². The first-order chi connectivity index (χ1) is 20.1. The van der Waals surface area contributed by atoms with Crippen LogP contribution in [0.3, 0.4) is 0 Å². The van der Waals surface area contributed by atoms with E-state index in [9.17, 15) is 9.59 Å². The molecule has 0 radical (unpaired) electrons. The molecule has 4 aromatic carbocycles. The maximum Gasteiger partial charge on any atom is 0.247 e. The van der Waals surface area contributed by atoms with E-state index in [4.69, 9.17) is 9.47 Å². The zero-order valence-corrected chi connectivity index (χ0v) is 22.9. The van der Waals surface area contributed by atoms with Gasteiger partial charge < -0.3 is 19.7 Å². The Morgan fingerprint density at radius 3 is 2.24 bits per heavy atom. The molecule has 0 saturated heterocycles. The standard InChI is InChI=1S/C32H31N5O4/c1-40-25-17-18-29(41-2)26(19-25)31(32(39)33-20-23-11-5-3-6-12-23)36(21-24-13-7-4-8-14-24)30(38)22-37-28-16-10-9-15-27(28)34-35-37/h3-19,31H,20-22H2,1-2H3,(H,33,39)/t31-/m1/s1. The van der Waals surface area contributed by atoms with Crippen molar-refractivity contribution in [3.05, 3.63) is 120 Å². The average molecular weight is 550 g/mol. The van der Waals surface area contributed by atoms with E-state index >= 15 is 0 Å². The first-order valence-electron chi connectivity index (χ1n) is 13.2. The Balaban J connectivity index is 1.57. The van der Waals surface area contributed by atoms with E-state index in [0.29, 0.717) is 29.1 Å². The Bertz CT molecular complexity index is 1620. The summed E-state index contributed by atoms with van der Waals surface area (Å²) in [7, 11) is 3.09. The van der Waals surface area contributed by atoms with Crippen LogP contribution in [0.2, 0.25) is 0 Å². The van der Waals surface area contributed by atoms with Crippen LogP contribution in [0.1, 0.15) is 22.7 Å². The number of benzene rings is 4. The normalized spacial score (nSPS) is 11.6. The molecule has 0 spiro atoms. The third-order valence-electron chi connectivity index (χ3n) is 6.82. The Labute approximate surface area is 238 Å². The van der Waals surface area contributed by atoms with Gasteiger partial charge in [-0.25, -0.2) is 4.68 Å². The van der Waals surface area contributed by atoms with Crippen molar-refractivity contribution in [2.24, 2.45) is 0 Å². The Morgan fingerprint density at radius 2 is 1.54 bits per heavy atom. The molecule has 0 aliphatic heterocycles. The van der Waals surface area contributed by atoms with Crippen LogP contribution in [-0.2, 0) is 29.2 Å². The summed E-state index contributed by atoms with van der Waals surface area (Å²) in [5.74, 6) is 0.334. The second-order valence-corrected chi connectivity index (χ2v) is 9.46. The predicted octanol–water partition coefficient (Wildman–Crippen LogP) is 4.54. The number of hydrogen-bond acceptors (Lipinski definition) is 6. The summed E-state index contributed by atoms with van der Waals surface area (Å²) in [5.41, 5.74) is 3.72. The van der Waals surface area contributed by atoms with Gasteiger partial charge in [0.05, 0.1) is 19.7 Å². The molecule has 208 valence electrons. The van der Waals surface area contributed by atoms with Crippen molar-refractivity contribution in [2.75, 3.05) is 14.2 Å². The van der Waals surface area contributed by atoms with Gasteiger partial charge >= 0.3 is 0 Å². The lowest BCUT2D eigenvalue weighted by molar-refractivity contribution is -0.142. The predicted molar refractivity (Wildman–Crippen MR) is 155 cm³/mol. The highest BCUT2D eigenvalue weighted by molar-refractivity contribution is 5.90. The Morgan fingerprint density at radius 1 is 0.854 bits per heavy atom. The van der Waals surface area contributed by atoms with Crippen molar-refractivity contribution in [2.45, 2.75) is 25.7 Å². The zero-order chi connectivity index (χ0) is 28.6. The smallest absolute Gasteiger partial charge is 0.247 e. The molecular formula is C32H31N5O4. The fourth-order valence-corrected chi connectivity index (χ4v) is 4.74. The average Bonchev–Trinajstić information content (AvgIpc) is 3.43. The van der Waals surface area contributed by atoms with E-state index in [-0.39, 0.29) is 24.9 Å². The Kier molecular flexibility index (Phi) is 8.54. The molecule has 0 aliphatic carbocycles. The fourth-order valence-electron chi connectivity index (χ4n) is 4.74. The van der Waals surface area contributed by atoms with E-state index in [1.807, 2.05) is 84.9 Å². The summed E-state index contributed by atoms with van der Waals surface area (Å²) in [6, 6.07) is 30.8. The van der Waals surface area contributed by atoms with Gasteiger partial charge in [0.25, 0.3) is 0 Å². The molecule has 0 bridgehead atoms. The number of nitrogens with one attached hydrogen (secondary N) is 1. The van der Waals surface area contributed by atoms with Crippen LogP contribution >= 0.6 is 0 Å². The van der Waals surface area contributed by atoms with Gasteiger partial charge in [-0.3, -0.25) is 9.59 Å². The zero-order valence-electron chi connectivity index (χ0n) is 22.9. The van der Waals surface area contributed by atoms with E-state index < -0.39 is 6.04 Å². The number of rotatable bonds is 11. The first-order valence-corrected chi connectivity index (χ1v) is 13.2. The quantitative estimate of drug-likeness (QED) is 0.260. The summed E-state index contributed by atoms with van der Waals surface area (Å²) in [4.78, 5) is 29.8. The van der Waals surface area contributed by atoms with Gasteiger partial charge in [-0.1, -0.05) is 78.0 Å². The van der Waals surface area contributed by atoms with Gasteiger partial charge in [0.15, 0.2) is 0 Å². The Hall–Kier alpha value is -5.18. The van der Waals surface area contributed by atoms with Gasteiger partial charge in [0, 0.05) is 18.7 Å². The maximum atomic E-state index is 14.2. The van der Waals surface area contributed by atoms with Crippen LogP contribution in [0.25, 0.3) is 11.0 Å². The van der Waals surface area contributed by atoms with Crippen LogP contribution in [0.4, 0.5) is 0 Å². The van der Waals surface area contributed by atoms with Crippen LogP contribution in [0.5, 0.6) is 11.5 Å².